The number of carboxylic acid groups (broad SMARTS) is 1. The molecule has 0 aromatic rings. The molecule has 0 unspecified atom stereocenters. The molecule has 0 rings (SSSR count). The molecule has 3 N–H and O–H groups in total. The zero-order valence-electron chi connectivity index (χ0n) is 5.69. The van der Waals surface area contributed by atoms with Crippen molar-refractivity contribution >= 4 is 5.97 Å². The van der Waals surface area contributed by atoms with E-state index in [9.17, 15) is 4.79 Å². The number of aliphatic hydroxyl groups excluding tert-OH is 2. The quantitative estimate of drug-likeness (QED) is 0.325. The lowest BCUT2D eigenvalue weighted by molar-refractivity contribution is -0.132. The van der Waals surface area contributed by atoms with Crippen LogP contribution >= 0.6 is 0 Å². The molecular formula is C7H8O4. The SMILES string of the molecule is C=C/C(O)=C(\C=C\O)C(=O)O. The molecule has 0 heterocycles. The van der Waals surface area contributed by atoms with Crippen molar-refractivity contribution in [3.8, 4) is 0 Å². The van der Waals surface area contributed by atoms with E-state index in [1.165, 1.54) is 0 Å². The normalized spacial score (nSPS) is 12.7. The predicted molar refractivity (Wildman–Crippen MR) is 39.3 cm³/mol. The first-order valence-electron chi connectivity index (χ1n) is 2.73. The monoisotopic (exact) mass is 156 g/mol. The largest absolute Gasteiger partial charge is 0.516 e. The molecule has 11 heavy (non-hydrogen) atoms. The van der Waals surface area contributed by atoms with Crippen molar-refractivity contribution in [3.05, 3.63) is 36.3 Å². The third kappa shape index (κ3) is 2.57. The van der Waals surface area contributed by atoms with Gasteiger partial charge in [-0.15, -0.1) is 0 Å². The van der Waals surface area contributed by atoms with Crippen LogP contribution in [0.1, 0.15) is 0 Å². The van der Waals surface area contributed by atoms with Gasteiger partial charge in [0.25, 0.3) is 0 Å². The van der Waals surface area contributed by atoms with Crippen molar-refractivity contribution in [2.75, 3.05) is 0 Å². The summed E-state index contributed by atoms with van der Waals surface area (Å²) in [5.41, 5.74) is -0.400. The third-order valence-electron chi connectivity index (χ3n) is 0.941. The number of aliphatic hydroxyl groups is 2. The fourth-order valence-corrected chi connectivity index (χ4v) is 0.451. The van der Waals surface area contributed by atoms with Gasteiger partial charge in [-0.2, -0.15) is 0 Å². The first-order chi connectivity index (χ1) is 5.13. The zero-order valence-corrected chi connectivity index (χ0v) is 5.69. The van der Waals surface area contributed by atoms with Crippen molar-refractivity contribution in [3.63, 3.8) is 0 Å². The number of allylic oxidation sites excluding steroid dienone is 1. The average Bonchev–Trinajstić information content (AvgIpc) is 1.98. The van der Waals surface area contributed by atoms with E-state index in [2.05, 4.69) is 6.58 Å². The summed E-state index contributed by atoms with van der Waals surface area (Å²) in [6, 6.07) is 0. The Morgan fingerprint density at radius 2 is 1.91 bits per heavy atom. The molecule has 4 heteroatoms. The van der Waals surface area contributed by atoms with Gasteiger partial charge in [0.05, 0.1) is 6.26 Å². The maximum absolute atomic E-state index is 10.3. The van der Waals surface area contributed by atoms with Crippen molar-refractivity contribution in [1.82, 2.24) is 0 Å². The summed E-state index contributed by atoms with van der Waals surface area (Å²) in [5, 5.41) is 25.4. The Kier molecular flexibility index (Phi) is 3.51. The van der Waals surface area contributed by atoms with Crippen LogP contribution in [-0.4, -0.2) is 21.3 Å². The van der Waals surface area contributed by atoms with E-state index in [1.54, 1.807) is 0 Å². The second-order valence-corrected chi connectivity index (χ2v) is 1.62. The van der Waals surface area contributed by atoms with Crippen molar-refractivity contribution in [2.45, 2.75) is 0 Å². The Morgan fingerprint density at radius 1 is 1.36 bits per heavy atom. The molecule has 0 spiro atoms. The topological polar surface area (TPSA) is 77.8 Å². The number of hydrogen-bond acceptors (Lipinski definition) is 3. The molecule has 0 atom stereocenters. The van der Waals surface area contributed by atoms with Gasteiger partial charge in [0.2, 0.25) is 0 Å². The fraction of sp³-hybridized carbons (Fsp3) is 0. The van der Waals surface area contributed by atoms with Crippen molar-refractivity contribution in [2.24, 2.45) is 0 Å². The number of carbonyl (C=O) groups is 1. The molecule has 0 aliphatic carbocycles. The highest BCUT2D eigenvalue weighted by Crippen LogP contribution is 2.03. The summed E-state index contributed by atoms with van der Waals surface area (Å²) in [6.45, 7) is 3.16. The maximum Gasteiger partial charge on any atom is 0.339 e. The molecule has 0 saturated carbocycles. The van der Waals surface area contributed by atoms with E-state index in [0.717, 1.165) is 12.2 Å². The van der Waals surface area contributed by atoms with E-state index in [0.29, 0.717) is 6.26 Å². The summed E-state index contributed by atoms with van der Waals surface area (Å²) in [5.74, 6) is -1.81. The van der Waals surface area contributed by atoms with Crippen LogP contribution in [0.5, 0.6) is 0 Å². The van der Waals surface area contributed by atoms with Gasteiger partial charge in [0.1, 0.15) is 11.3 Å². The van der Waals surface area contributed by atoms with Crippen LogP contribution in [0.25, 0.3) is 0 Å². The fourth-order valence-electron chi connectivity index (χ4n) is 0.451. The highest BCUT2D eigenvalue weighted by molar-refractivity contribution is 5.90. The van der Waals surface area contributed by atoms with Gasteiger partial charge in [0, 0.05) is 0 Å². The molecule has 4 nitrogen and oxygen atoms in total. The summed E-state index contributed by atoms with van der Waals surface area (Å²) in [4.78, 5) is 10.3. The van der Waals surface area contributed by atoms with Gasteiger partial charge >= 0.3 is 5.97 Å². The molecular weight excluding hydrogens is 148 g/mol. The number of hydrogen-bond donors (Lipinski definition) is 3. The van der Waals surface area contributed by atoms with E-state index in [1.807, 2.05) is 0 Å². The standard InChI is InChI=1S/C7H8O4/c1-2-6(9)5(3-4-8)7(10)11/h2-4,8-9H,1H2,(H,10,11)/b4-3+,6-5-. The van der Waals surface area contributed by atoms with Gasteiger partial charge in [0.15, 0.2) is 0 Å². The third-order valence-corrected chi connectivity index (χ3v) is 0.941. The van der Waals surface area contributed by atoms with Gasteiger partial charge in [-0.1, -0.05) is 6.58 Å². The zero-order chi connectivity index (χ0) is 8.85. The second-order valence-electron chi connectivity index (χ2n) is 1.62. The van der Waals surface area contributed by atoms with E-state index >= 15 is 0 Å². The molecule has 0 radical (unpaired) electrons. The minimum absolute atomic E-state index is 0.400. The maximum atomic E-state index is 10.3. The molecule has 0 bridgehead atoms. The van der Waals surface area contributed by atoms with E-state index < -0.39 is 17.3 Å². The molecule has 0 fully saturated rings. The van der Waals surface area contributed by atoms with E-state index in [4.69, 9.17) is 15.3 Å². The van der Waals surface area contributed by atoms with Crippen LogP contribution in [0.2, 0.25) is 0 Å². The number of aliphatic carboxylic acids is 1. The molecule has 0 aromatic heterocycles. The number of carboxylic acids is 1. The highest BCUT2D eigenvalue weighted by atomic mass is 16.4. The van der Waals surface area contributed by atoms with Gasteiger partial charge in [-0.3, -0.25) is 0 Å². The molecule has 60 valence electrons. The van der Waals surface area contributed by atoms with Crippen LogP contribution in [0.4, 0.5) is 0 Å². The lowest BCUT2D eigenvalue weighted by Crippen LogP contribution is -2.00. The molecule has 0 amide bonds. The predicted octanol–water partition coefficient (Wildman–Crippen LogP) is 1.14. The Balaban J connectivity index is 4.87. The average molecular weight is 156 g/mol. The van der Waals surface area contributed by atoms with Crippen LogP contribution in [0.3, 0.4) is 0 Å². The molecule has 0 saturated heterocycles. The molecule has 0 aromatic carbocycles. The summed E-state index contributed by atoms with van der Waals surface area (Å²) < 4.78 is 0. The minimum atomic E-state index is -1.33. The van der Waals surface area contributed by atoms with Crippen molar-refractivity contribution in [1.29, 1.82) is 0 Å². The summed E-state index contributed by atoms with van der Waals surface area (Å²) in [7, 11) is 0. The lowest BCUT2D eigenvalue weighted by Gasteiger charge is -1.94. The molecule has 0 aliphatic rings. The lowest BCUT2D eigenvalue weighted by atomic mass is 10.2. The molecule has 0 aliphatic heterocycles. The van der Waals surface area contributed by atoms with Crippen LogP contribution in [-0.2, 0) is 4.79 Å². The minimum Gasteiger partial charge on any atom is -0.516 e. The van der Waals surface area contributed by atoms with Gasteiger partial charge in [-0.25, -0.2) is 4.79 Å². The first-order valence-corrected chi connectivity index (χ1v) is 2.73. The van der Waals surface area contributed by atoms with Crippen molar-refractivity contribution < 1.29 is 20.1 Å². The first kappa shape index (κ1) is 9.29. The van der Waals surface area contributed by atoms with Crippen LogP contribution < -0.4 is 0 Å². The Labute approximate surface area is 63.4 Å². The Morgan fingerprint density at radius 3 is 2.18 bits per heavy atom. The smallest absolute Gasteiger partial charge is 0.339 e. The highest BCUT2D eigenvalue weighted by Gasteiger charge is 2.07. The van der Waals surface area contributed by atoms with Crippen LogP contribution in [0, 0.1) is 0 Å². The van der Waals surface area contributed by atoms with Crippen LogP contribution in [0.15, 0.2) is 36.3 Å². The number of rotatable bonds is 3. The van der Waals surface area contributed by atoms with Gasteiger partial charge < -0.3 is 15.3 Å². The Bertz CT molecular complexity index is 225. The van der Waals surface area contributed by atoms with E-state index in [-0.39, 0.29) is 0 Å². The van der Waals surface area contributed by atoms with Gasteiger partial charge in [-0.05, 0) is 12.2 Å². The Hall–Kier alpha value is -1.71. The summed E-state index contributed by atoms with van der Waals surface area (Å²) >= 11 is 0. The summed E-state index contributed by atoms with van der Waals surface area (Å²) in [6.07, 6.45) is 2.37. The second kappa shape index (κ2) is 4.16.